The number of rotatable bonds is 7. The van der Waals surface area contributed by atoms with Crippen molar-refractivity contribution in [3.63, 3.8) is 0 Å². The second kappa shape index (κ2) is 10.1. The molecule has 2 aromatic heterocycles. The molecule has 0 bridgehead atoms. The first-order valence-corrected chi connectivity index (χ1v) is 13.2. The number of likely N-dealkylation sites (tertiary alicyclic amines) is 1. The van der Waals surface area contributed by atoms with Crippen molar-refractivity contribution in [1.82, 2.24) is 30.5 Å². The van der Waals surface area contributed by atoms with Crippen molar-refractivity contribution in [1.29, 1.82) is 0 Å². The van der Waals surface area contributed by atoms with E-state index in [2.05, 4.69) is 61.8 Å². The Hall–Kier alpha value is -3.46. The molecule has 2 aliphatic heterocycles. The second-order valence-corrected chi connectivity index (χ2v) is 10.7. The molecule has 2 aliphatic rings. The fourth-order valence-corrected chi connectivity index (χ4v) is 5.96. The van der Waals surface area contributed by atoms with Crippen LogP contribution in [0.25, 0.3) is 10.9 Å². The summed E-state index contributed by atoms with van der Waals surface area (Å²) < 4.78 is 0. The van der Waals surface area contributed by atoms with Gasteiger partial charge in [-0.3, -0.25) is 9.59 Å². The van der Waals surface area contributed by atoms with E-state index in [4.69, 9.17) is 0 Å². The zero-order chi connectivity index (χ0) is 26.3. The minimum absolute atomic E-state index is 0.0179. The lowest BCUT2D eigenvalue weighted by molar-refractivity contribution is -0.139. The predicted octanol–water partition coefficient (Wildman–Crippen LogP) is 2.59. The molecule has 0 saturated carbocycles. The first-order valence-electron chi connectivity index (χ1n) is 13.2. The smallest absolute Gasteiger partial charge is 0.245 e. The molecule has 2 saturated heterocycles. The van der Waals surface area contributed by atoms with Gasteiger partial charge in [0.15, 0.2) is 0 Å². The molecule has 5 unspecified atom stereocenters. The summed E-state index contributed by atoms with van der Waals surface area (Å²) in [6, 6.07) is 7.38. The van der Waals surface area contributed by atoms with E-state index in [1.807, 2.05) is 24.8 Å². The van der Waals surface area contributed by atoms with Gasteiger partial charge < -0.3 is 25.4 Å². The minimum atomic E-state index is -0.588. The van der Waals surface area contributed by atoms with E-state index in [0.29, 0.717) is 12.5 Å². The van der Waals surface area contributed by atoms with Gasteiger partial charge in [0.2, 0.25) is 17.8 Å². The molecule has 0 aliphatic carbocycles. The number of aromatic nitrogens is 3. The summed E-state index contributed by atoms with van der Waals surface area (Å²) in [6.45, 7) is 9.21. The van der Waals surface area contributed by atoms with Crippen LogP contribution in [0.5, 0.6) is 0 Å². The van der Waals surface area contributed by atoms with Crippen molar-refractivity contribution < 1.29 is 9.59 Å². The molecule has 5 rings (SSSR count). The number of hydrogen-bond donors (Lipinski definition) is 3. The fraction of sp³-hybridized carbons (Fsp3) is 0.500. The number of carbonyl (C=O) groups excluding carboxylic acids is 2. The SMILES string of the molecule is CNC(C)C(=O)NC(C(=O)N1CCC2C1C(c1c[nH]c3cc(C)ccc13)CN2c1ncccn1)C(C)C. The van der Waals surface area contributed by atoms with Gasteiger partial charge >= 0.3 is 0 Å². The normalized spacial score (nSPS) is 22.9. The molecule has 2 amide bonds. The van der Waals surface area contributed by atoms with Crippen molar-refractivity contribution in [2.24, 2.45) is 5.92 Å². The zero-order valence-electron chi connectivity index (χ0n) is 22.2. The summed E-state index contributed by atoms with van der Waals surface area (Å²) in [5.74, 6) is 0.553. The lowest BCUT2D eigenvalue weighted by Gasteiger charge is -2.33. The van der Waals surface area contributed by atoms with Gasteiger partial charge in [-0.05, 0) is 56.5 Å². The van der Waals surface area contributed by atoms with Crippen LogP contribution < -0.4 is 15.5 Å². The molecule has 5 atom stereocenters. The quantitative estimate of drug-likeness (QED) is 0.458. The van der Waals surface area contributed by atoms with E-state index < -0.39 is 6.04 Å². The average Bonchev–Trinajstić information content (AvgIpc) is 3.60. The van der Waals surface area contributed by atoms with E-state index in [-0.39, 0.29) is 41.8 Å². The molecule has 3 aromatic rings. The number of fused-ring (bicyclic) bond motifs is 2. The molecular formula is C28H37N7O2. The largest absolute Gasteiger partial charge is 0.361 e. The number of carbonyl (C=O) groups is 2. The Morgan fingerprint density at radius 1 is 1.16 bits per heavy atom. The van der Waals surface area contributed by atoms with Crippen LogP contribution in [0.1, 0.15) is 44.2 Å². The Balaban J connectivity index is 1.51. The number of H-pyrrole nitrogens is 1. The van der Waals surface area contributed by atoms with Gasteiger partial charge in [-0.25, -0.2) is 9.97 Å². The Morgan fingerprint density at radius 3 is 2.62 bits per heavy atom. The predicted molar refractivity (Wildman–Crippen MR) is 144 cm³/mol. The molecule has 3 N–H and O–H groups in total. The van der Waals surface area contributed by atoms with E-state index in [1.165, 1.54) is 16.5 Å². The van der Waals surface area contributed by atoms with Gasteiger partial charge in [-0.2, -0.15) is 0 Å². The van der Waals surface area contributed by atoms with Crippen LogP contribution in [0, 0.1) is 12.8 Å². The first kappa shape index (κ1) is 25.2. The van der Waals surface area contributed by atoms with Crippen molar-refractivity contribution >= 4 is 28.7 Å². The summed E-state index contributed by atoms with van der Waals surface area (Å²) in [6.07, 6.45) is 6.46. The van der Waals surface area contributed by atoms with Gasteiger partial charge in [0.25, 0.3) is 0 Å². The monoisotopic (exact) mass is 503 g/mol. The van der Waals surface area contributed by atoms with Gasteiger partial charge in [-0.15, -0.1) is 0 Å². The fourth-order valence-electron chi connectivity index (χ4n) is 5.96. The van der Waals surface area contributed by atoms with Crippen molar-refractivity contribution in [2.75, 3.05) is 25.0 Å². The third-order valence-electron chi connectivity index (χ3n) is 8.04. The maximum Gasteiger partial charge on any atom is 0.245 e. The van der Waals surface area contributed by atoms with E-state index in [1.54, 1.807) is 26.4 Å². The molecule has 9 heteroatoms. The summed E-state index contributed by atoms with van der Waals surface area (Å²) in [4.78, 5) is 43.6. The van der Waals surface area contributed by atoms with E-state index >= 15 is 0 Å². The van der Waals surface area contributed by atoms with Crippen LogP contribution in [-0.2, 0) is 9.59 Å². The number of hydrogen-bond acceptors (Lipinski definition) is 6. The number of likely N-dealkylation sites (N-methyl/N-ethyl adjacent to an activating group) is 1. The van der Waals surface area contributed by atoms with Crippen LogP contribution in [0.15, 0.2) is 42.9 Å². The average molecular weight is 504 g/mol. The molecule has 0 spiro atoms. The summed E-state index contributed by atoms with van der Waals surface area (Å²) in [5, 5.41) is 7.16. The van der Waals surface area contributed by atoms with Gasteiger partial charge in [0.1, 0.15) is 6.04 Å². The van der Waals surface area contributed by atoms with Crippen molar-refractivity contribution in [3.8, 4) is 0 Å². The number of benzene rings is 1. The molecular weight excluding hydrogens is 466 g/mol. The second-order valence-electron chi connectivity index (χ2n) is 10.7. The minimum Gasteiger partial charge on any atom is -0.361 e. The maximum absolute atomic E-state index is 14.1. The Kier molecular flexibility index (Phi) is 6.90. The molecule has 2 fully saturated rings. The van der Waals surface area contributed by atoms with E-state index in [9.17, 15) is 9.59 Å². The number of nitrogens with one attached hydrogen (secondary N) is 3. The van der Waals surface area contributed by atoms with Crippen molar-refractivity contribution in [2.45, 2.75) is 64.2 Å². The number of nitrogens with zero attached hydrogens (tertiary/aromatic N) is 4. The van der Waals surface area contributed by atoms with Crippen LogP contribution in [0.2, 0.25) is 0 Å². The highest BCUT2D eigenvalue weighted by atomic mass is 16.2. The van der Waals surface area contributed by atoms with Crippen LogP contribution in [0.3, 0.4) is 0 Å². The topological polar surface area (TPSA) is 106 Å². The molecule has 0 radical (unpaired) electrons. The van der Waals surface area contributed by atoms with Crippen LogP contribution in [-0.4, -0.2) is 76.0 Å². The highest BCUT2D eigenvalue weighted by Gasteiger charge is 2.53. The number of anilines is 1. The third-order valence-corrected chi connectivity index (χ3v) is 8.04. The van der Waals surface area contributed by atoms with Crippen LogP contribution >= 0.6 is 0 Å². The standard InChI is InChI=1S/C28H37N7O2/c1-16(2)24(33-26(36)18(4)29-5)27(37)34-12-9-23-25(34)21(15-35(23)28-30-10-6-11-31-28)20-14-32-22-13-17(3)7-8-19(20)22/h6-8,10-11,13-14,16,18,21,23-25,29,32H,9,12,15H2,1-5H3,(H,33,36). The Bertz CT molecular complexity index is 1270. The van der Waals surface area contributed by atoms with Gasteiger partial charge in [0.05, 0.1) is 18.1 Å². The lowest BCUT2D eigenvalue weighted by Crippen LogP contribution is -2.56. The highest BCUT2D eigenvalue weighted by Crippen LogP contribution is 2.44. The number of aromatic amines is 1. The summed E-state index contributed by atoms with van der Waals surface area (Å²) in [5.41, 5.74) is 3.51. The Morgan fingerprint density at radius 2 is 1.92 bits per heavy atom. The highest BCUT2D eigenvalue weighted by molar-refractivity contribution is 5.91. The Labute approximate surface area is 218 Å². The first-order chi connectivity index (χ1) is 17.8. The zero-order valence-corrected chi connectivity index (χ0v) is 22.2. The van der Waals surface area contributed by atoms with E-state index in [0.717, 1.165) is 18.5 Å². The maximum atomic E-state index is 14.1. The van der Waals surface area contributed by atoms with Gasteiger partial charge in [-0.1, -0.05) is 26.0 Å². The molecule has 37 heavy (non-hydrogen) atoms. The molecule has 4 heterocycles. The molecule has 196 valence electrons. The van der Waals surface area contributed by atoms with Gasteiger partial charge in [0, 0.05) is 48.5 Å². The summed E-state index contributed by atoms with van der Waals surface area (Å²) in [7, 11) is 1.74. The third kappa shape index (κ3) is 4.56. The number of aryl methyl sites for hydroxylation is 1. The molecule has 9 nitrogen and oxygen atoms in total. The van der Waals surface area contributed by atoms with Crippen LogP contribution in [0.4, 0.5) is 5.95 Å². The van der Waals surface area contributed by atoms with Crippen molar-refractivity contribution in [3.05, 3.63) is 54.0 Å². The molecule has 1 aromatic carbocycles. The lowest BCUT2D eigenvalue weighted by atomic mass is 9.90. The summed E-state index contributed by atoms with van der Waals surface area (Å²) >= 11 is 0. The number of amides is 2.